The second-order valence-electron chi connectivity index (χ2n) is 8.70. The van der Waals surface area contributed by atoms with Gasteiger partial charge in [0.05, 0.1) is 11.0 Å². The third-order valence-corrected chi connectivity index (χ3v) is 7.09. The second-order valence-corrected chi connectivity index (χ2v) is 8.70. The van der Waals surface area contributed by atoms with Crippen LogP contribution in [0.5, 0.6) is 0 Å². The SMILES string of the molecule is CCn1c(C)nc2cc(-c3ccc4c5cccc6cccc(c7cccc3c74)c65)ccc21. The Bertz CT molecular complexity index is 1770. The van der Waals surface area contributed by atoms with E-state index in [2.05, 4.69) is 103 Å². The Morgan fingerprint density at radius 1 is 0.688 bits per heavy atom. The standard InChI is InChI=1S/C30H22N2/c1-3-32-18(2)31-27-17-20(13-16-28(27)32)21-14-15-26-24-10-5-8-19-7-4-9-23(29(19)24)25-12-6-11-22(21)30(25)26/h4-17H,3H2,1-2H3. The van der Waals surface area contributed by atoms with Crippen molar-refractivity contribution >= 4 is 54.1 Å². The van der Waals surface area contributed by atoms with E-state index in [-0.39, 0.29) is 0 Å². The highest BCUT2D eigenvalue weighted by Crippen LogP contribution is 2.43. The summed E-state index contributed by atoms with van der Waals surface area (Å²) in [5.74, 6) is 1.07. The van der Waals surface area contributed by atoms with Crippen LogP contribution < -0.4 is 0 Å². The minimum atomic E-state index is 0.938. The van der Waals surface area contributed by atoms with Gasteiger partial charge in [-0.3, -0.25) is 0 Å². The molecule has 0 atom stereocenters. The molecule has 0 unspecified atom stereocenters. The van der Waals surface area contributed by atoms with Gasteiger partial charge in [-0.1, -0.05) is 72.8 Å². The molecular weight excluding hydrogens is 388 g/mol. The molecule has 0 amide bonds. The molecule has 0 fully saturated rings. The average Bonchev–Trinajstić information content (AvgIpc) is 3.16. The first kappa shape index (κ1) is 17.7. The van der Waals surface area contributed by atoms with Crippen molar-refractivity contribution in [1.82, 2.24) is 9.55 Å². The number of aromatic nitrogens is 2. The molecule has 1 heterocycles. The van der Waals surface area contributed by atoms with Crippen molar-refractivity contribution in [3.05, 3.63) is 90.8 Å². The lowest BCUT2D eigenvalue weighted by atomic mass is 9.87. The van der Waals surface area contributed by atoms with Crippen LogP contribution >= 0.6 is 0 Å². The molecule has 7 rings (SSSR count). The van der Waals surface area contributed by atoms with E-state index in [0.29, 0.717) is 0 Å². The molecule has 152 valence electrons. The number of aryl methyl sites for hydroxylation is 2. The Labute approximate surface area is 186 Å². The van der Waals surface area contributed by atoms with E-state index in [9.17, 15) is 0 Å². The average molecular weight is 411 g/mol. The molecule has 0 aliphatic heterocycles. The normalized spacial score (nSPS) is 12.2. The molecule has 0 aliphatic carbocycles. The van der Waals surface area contributed by atoms with E-state index < -0.39 is 0 Å². The number of hydrogen-bond acceptors (Lipinski definition) is 1. The summed E-state index contributed by atoms with van der Waals surface area (Å²) in [5.41, 5.74) is 4.76. The Kier molecular flexibility index (Phi) is 3.49. The Morgan fingerprint density at radius 2 is 1.34 bits per heavy atom. The quantitative estimate of drug-likeness (QED) is 0.208. The van der Waals surface area contributed by atoms with Crippen LogP contribution in [0.2, 0.25) is 0 Å². The summed E-state index contributed by atoms with van der Waals surface area (Å²) in [6.07, 6.45) is 0. The van der Waals surface area contributed by atoms with Crippen LogP contribution in [-0.2, 0) is 6.54 Å². The molecule has 7 aromatic rings. The fraction of sp³-hybridized carbons (Fsp3) is 0.100. The molecule has 0 saturated heterocycles. The summed E-state index contributed by atoms with van der Waals surface area (Å²) in [6, 6.07) is 31.4. The predicted octanol–water partition coefficient (Wildman–Crippen LogP) is 8.08. The predicted molar refractivity (Wildman–Crippen MR) is 137 cm³/mol. The summed E-state index contributed by atoms with van der Waals surface area (Å²) in [5, 5.41) is 10.7. The van der Waals surface area contributed by atoms with E-state index >= 15 is 0 Å². The lowest BCUT2D eigenvalue weighted by molar-refractivity contribution is 0.753. The fourth-order valence-electron chi connectivity index (χ4n) is 5.71. The number of fused-ring (bicyclic) bond motifs is 3. The lowest BCUT2D eigenvalue weighted by Crippen LogP contribution is -1.96. The third-order valence-electron chi connectivity index (χ3n) is 7.09. The zero-order chi connectivity index (χ0) is 21.4. The van der Waals surface area contributed by atoms with E-state index in [1.54, 1.807) is 0 Å². The van der Waals surface area contributed by atoms with Gasteiger partial charge >= 0.3 is 0 Å². The van der Waals surface area contributed by atoms with Gasteiger partial charge in [-0.25, -0.2) is 4.98 Å². The molecule has 0 spiro atoms. The Morgan fingerprint density at radius 3 is 2.09 bits per heavy atom. The fourth-order valence-corrected chi connectivity index (χ4v) is 5.71. The van der Waals surface area contributed by atoms with Crippen molar-refractivity contribution in [2.24, 2.45) is 0 Å². The third kappa shape index (κ3) is 2.22. The van der Waals surface area contributed by atoms with Crippen molar-refractivity contribution in [3.63, 3.8) is 0 Å². The van der Waals surface area contributed by atoms with Gasteiger partial charge in [0.25, 0.3) is 0 Å². The van der Waals surface area contributed by atoms with Gasteiger partial charge < -0.3 is 4.57 Å². The van der Waals surface area contributed by atoms with Gasteiger partial charge in [0.2, 0.25) is 0 Å². The van der Waals surface area contributed by atoms with Crippen molar-refractivity contribution in [2.75, 3.05) is 0 Å². The summed E-state index contributed by atoms with van der Waals surface area (Å²) in [6.45, 7) is 5.20. The molecule has 0 saturated carbocycles. The van der Waals surface area contributed by atoms with Gasteiger partial charge in [-0.2, -0.15) is 0 Å². The highest BCUT2D eigenvalue weighted by Gasteiger charge is 2.15. The smallest absolute Gasteiger partial charge is 0.106 e. The molecule has 0 aliphatic rings. The first-order valence-corrected chi connectivity index (χ1v) is 11.3. The number of benzene rings is 6. The van der Waals surface area contributed by atoms with Gasteiger partial charge in [-0.15, -0.1) is 0 Å². The van der Waals surface area contributed by atoms with Gasteiger partial charge in [0.15, 0.2) is 0 Å². The lowest BCUT2D eigenvalue weighted by Gasteiger charge is -2.16. The van der Waals surface area contributed by atoms with E-state index in [1.807, 2.05) is 0 Å². The number of nitrogens with zero attached hydrogens (tertiary/aromatic N) is 2. The van der Waals surface area contributed by atoms with Crippen LogP contribution in [0.3, 0.4) is 0 Å². The van der Waals surface area contributed by atoms with Crippen LogP contribution in [0.15, 0.2) is 84.9 Å². The van der Waals surface area contributed by atoms with Crippen molar-refractivity contribution in [2.45, 2.75) is 20.4 Å². The van der Waals surface area contributed by atoms with E-state index in [1.165, 1.54) is 59.7 Å². The maximum absolute atomic E-state index is 4.83. The summed E-state index contributed by atoms with van der Waals surface area (Å²) in [7, 11) is 0. The van der Waals surface area contributed by atoms with Crippen LogP contribution in [0.25, 0.3) is 65.3 Å². The van der Waals surface area contributed by atoms with Crippen LogP contribution in [0.4, 0.5) is 0 Å². The molecule has 6 aromatic carbocycles. The highest BCUT2D eigenvalue weighted by atomic mass is 15.1. The van der Waals surface area contributed by atoms with E-state index in [4.69, 9.17) is 4.98 Å². The van der Waals surface area contributed by atoms with Gasteiger partial charge in [0, 0.05) is 6.54 Å². The first-order valence-electron chi connectivity index (χ1n) is 11.3. The van der Waals surface area contributed by atoms with Crippen LogP contribution in [0, 0.1) is 6.92 Å². The van der Waals surface area contributed by atoms with Crippen LogP contribution in [0.1, 0.15) is 12.7 Å². The summed E-state index contributed by atoms with van der Waals surface area (Å²) < 4.78 is 2.27. The Hall–Kier alpha value is -3.91. The summed E-state index contributed by atoms with van der Waals surface area (Å²) >= 11 is 0. The molecule has 0 N–H and O–H groups in total. The molecular formula is C30H22N2. The number of rotatable bonds is 2. The maximum Gasteiger partial charge on any atom is 0.106 e. The largest absolute Gasteiger partial charge is 0.329 e. The number of imidazole rings is 1. The molecule has 1 aromatic heterocycles. The maximum atomic E-state index is 4.83. The van der Waals surface area contributed by atoms with Crippen molar-refractivity contribution < 1.29 is 0 Å². The monoisotopic (exact) mass is 410 g/mol. The molecule has 0 bridgehead atoms. The second kappa shape index (κ2) is 6.30. The topological polar surface area (TPSA) is 17.8 Å². The zero-order valence-electron chi connectivity index (χ0n) is 18.2. The summed E-state index contributed by atoms with van der Waals surface area (Å²) in [4.78, 5) is 4.83. The van der Waals surface area contributed by atoms with E-state index in [0.717, 1.165) is 17.9 Å². The van der Waals surface area contributed by atoms with Gasteiger partial charge in [0.1, 0.15) is 5.82 Å². The number of hydrogen-bond donors (Lipinski definition) is 0. The van der Waals surface area contributed by atoms with Crippen molar-refractivity contribution in [1.29, 1.82) is 0 Å². The van der Waals surface area contributed by atoms with Crippen LogP contribution in [-0.4, -0.2) is 9.55 Å². The minimum Gasteiger partial charge on any atom is -0.329 e. The zero-order valence-corrected chi connectivity index (χ0v) is 18.2. The molecule has 2 nitrogen and oxygen atoms in total. The highest BCUT2D eigenvalue weighted by molar-refractivity contribution is 6.34. The molecule has 32 heavy (non-hydrogen) atoms. The van der Waals surface area contributed by atoms with Gasteiger partial charge in [-0.05, 0) is 80.2 Å². The Balaban J connectivity index is 1.60. The van der Waals surface area contributed by atoms with Crippen molar-refractivity contribution in [3.8, 4) is 11.1 Å². The molecule has 2 heteroatoms. The first-order chi connectivity index (χ1) is 15.7. The minimum absolute atomic E-state index is 0.938. The molecule has 0 radical (unpaired) electrons.